The molecular formula is C9H10N2O3. The molecule has 5 heteroatoms. The van der Waals surface area contributed by atoms with Gasteiger partial charge in [-0.15, -0.1) is 0 Å². The molecule has 0 bridgehead atoms. The van der Waals surface area contributed by atoms with Gasteiger partial charge >= 0.3 is 5.97 Å². The average Bonchev–Trinajstić information content (AvgIpc) is 2.61. The largest absolute Gasteiger partial charge is 0.480 e. The van der Waals surface area contributed by atoms with Crippen molar-refractivity contribution in [3.05, 3.63) is 24.0 Å². The molecule has 1 rings (SSSR count). The molecule has 0 saturated carbocycles. The van der Waals surface area contributed by atoms with E-state index in [0.717, 1.165) is 0 Å². The van der Waals surface area contributed by atoms with E-state index < -0.39 is 12.0 Å². The molecule has 74 valence electrons. The molecule has 0 aliphatic rings. The fourth-order valence-electron chi connectivity index (χ4n) is 0.914. The summed E-state index contributed by atoms with van der Waals surface area (Å²) in [4.78, 5) is 20.6. The lowest BCUT2D eigenvalue weighted by Gasteiger charge is -2.04. The van der Waals surface area contributed by atoms with E-state index in [1.807, 2.05) is 0 Å². The van der Waals surface area contributed by atoms with E-state index in [9.17, 15) is 9.59 Å². The number of aliphatic carboxylic acids is 1. The van der Waals surface area contributed by atoms with Crippen LogP contribution in [0.1, 0.15) is 18.5 Å². The molecule has 0 saturated heterocycles. The Morgan fingerprint density at radius 3 is 3.00 bits per heavy atom. The number of carbonyl (C=O) groups excluding carboxylic acids is 1. The Labute approximate surface area is 80.7 Å². The summed E-state index contributed by atoms with van der Waals surface area (Å²) in [5, 5.41) is 12.5. The second kappa shape index (κ2) is 4.36. The van der Waals surface area contributed by atoms with Gasteiger partial charge in [-0.25, -0.2) is 4.79 Å². The molecule has 1 heterocycles. The third-order valence-electron chi connectivity index (χ3n) is 1.74. The van der Waals surface area contributed by atoms with Gasteiger partial charge < -0.3 is 5.11 Å². The Hall–Kier alpha value is -1.91. The predicted molar refractivity (Wildman–Crippen MR) is 49.7 cm³/mol. The Balaban J connectivity index is 2.82. The van der Waals surface area contributed by atoms with Gasteiger partial charge in [0.05, 0.1) is 6.20 Å². The van der Waals surface area contributed by atoms with Gasteiger partial charge in [-0.1, -0.05) is 0 Å². The maximum Gasteiger partial charge on any atom is 0.328 e. The summed E-state index contributed by atoms with van der Waals surface area (Å²) in [6.07, 6.45) is 6.61. The number of carboxylic acid groups (broad SMARTS) is 1. The van der Waals surface area contributed by atoms with Crippen LogP contribution in [-0.4, -0.2) is 27.1 Å². The van der Waals surface area contributed by atoms with Gasteiger partial charge in [0, 0.05) is 11.8 Å². The van der Waals surface area contributed by atoms with Gasteiger partial charge in [0.25, 0.3) is 0 Å². The quantitative estimate of drug-likeness (QED) is 0.566. The van der Waals surface area contributed by atoms with Crippen LogP contribution in [0.25, 0.3) is 6.08 Å². The lowest BCUT2D eigenvalue weighted by molar-refractivity contribution is -0.140. The number of hydrogen-bond donors (Lipinski definition) is 1. The van der Waals surface area contributed by atoms with Crippen LogP contribution in [0.2, 0.25) is 0 Å². The van der Waals surface area contributed by atoms with Crippen molar-refractivity contribution in [3.63, 3.8) is 0 Å². The molecule has 1 aromatic rings. The number of aromatic nitrogens is 2. The van der Waals surface area contributed by atoms with Crippen LogP contribution in [-0.2, 0) is 9.59 Å². The van der Waals surface area contributed by atoms with Crippen molar-refractivity contribution >= 4 is 18.3 Å². The zero-order valence-corrected chi connectivity index (χ0v) is 7.62. The minimum Gasteiger partial charge on any atom is -0.480 e. The van der Waals surface area contributed by atoms with Crippen molar-refractivity contribution in [3.8, 4) is 0 Å². The summed E-state index contributed by atoms with van der Waals surface area (Å²) in [5.41, 5.74) is 0.699. The van der Waals surface area contributed by atoms with E-state index in [0.29, 0.717) is 11.8 Å². The van der Waals surface area contributed by atoms with E-state index >= 15 is 0 Å². The average molecular weight is 194 g/mol. The molecule has 0 unspecified atom stereocenters. The SMILES string of the molecule is C[C@@H](C(=O)O)n1cc(C=CC=O)cn1. The fourth-order valence-corrected chi connectivity index (χ4v) is 0.914. The normalized spacial score (nSPS) is 12.9. The highest BCUT2D eigenvalue weighted by Crippen LogP contribution is 2.07. The van der Waals surface area contributed by atoms with Gasteiger partial charge in [-0.2, -0.15) is 5.10 Å². The van der Waals surface area contributed by atoms with Crippen molar-refractivity contribution in [1.82, 2.24) is 9.78 Å². The zero-order valence-electron chi connectivity index (χ0n) is 7.62. The number of carbonyl (C=O) groups is 2. The third-order valence-corrected chi connectivity index (χ3v) is 1.74. The molecule has 5 nitrogen and oxygen atoms in total. The summed E-state index contributed by atoms with van der Waals surface area (Å²) >= 11 is 0. The molecule has 0 aliphatic heterocycles. The Bertz CT molecular complexity index is 368. The van der Waals surface area contributed by atoms with Crippen LogP contribution in [0.3, 0.4) is 0 Å². The maximum absolute atomic E-state index is 10.6. The van der Waals surface area contributed by atoms with E-state index in [4.69, 9.17) is 5.11 Å². The lowest BCUT2D eigenvalue weighted by atomic mass is 10.3. The Morgan fingerprint density at radius 1 is 1.71 bits per heavy atom. The van der Waals surface area contributed by atoms with Crippen LogP contribution in [0.15, 0.2) is 18.5 Å². The van der Waals surface area contributed by atoms with E-state index in [-0.39, 0.29) is 0 Å². The summed E-state index contributed by atoms with van der Waals surface area (Å²) in [7, 11) is 0. The summed E-state index contributed by atoms with van der Waals surface area (Å²) < 4.78 is 1.33. The number of hydrogen-bond acceptors (Lipinski definition) is 3. The number of allylic oxidation sites excluding steroid dienone is 1. The summed E-state index contributed by atoms with van der Waals surface area (Å²) in [6, 6.07) is -0.701. The minimum atomic E-state index is -0.945. The topological polar surface area (TPSA) is 72.2 Å². The van der Waals surface area contributed by atoms with Crippen LogP contribution < -0.4 is 0 Å². The second-order valence-corrected chi connectivity index (χ2v) is 2.76. The molecule has 0 aromatic carbocycles. The molecule has 14 heavy (non-hydrogen) atoms. The fraction of sp³-hybridized carbons (Fsp3) is 0.222. The van der Waals surface area contributed by atoms with Crippen LogP contribution in [0.5, 0.6) is 0 Å². The molecule has 0 aliphatic carbocycles. The first-order chi connectivity index (χ1) is 6.65. The smallest absolute Gasteiger partial charge is 0.328 e. The van der Waals surface area contributed by atoms with Gasteiger partial charge in [0.15, 0.2) is 0 Å². The van der Waals surface area contributed by atoms with Crippen LogP contribution >= 0.6 is 0 Å². The third kappa shape index (κ3) is 2.29. The maximum atomic E-state index is 10.6. The lowest BCUT2D eigenvalue weighted by Crippen LogP contribution is -2.15. The molecule has 1 atom stereocenters. The molecule has 0 spiro atoms. The van der Waals surface area contributed by atoms with Crippen molar-refractivity contribution < 1.29 is 14.7 Å². The number of carboxylic acids is 1. The highest BCUT2D eigenvalue weighted by atomic mass is 16.4. The van der Waals surface area contributed by atoms with Crippen molar-refractivity contribution in [2.45, 2.75) is 13.0 Å². The standard InChI is InChI=1S/C9H10N2O3/c1-7(9(13)14)11-6-8(5-10-11)3-2-4-12/h2-7H,1H3,(H,13,14)/t7-/m0/s1. The van der Waals surface area contributed by atoms with Gasteiger partial charge in [0.1, 0.15) is 12.3 Å². The minimum absolute atomic E-state index is 0.651. The first kappa shape index (κ1) is 10.2. The zero-order chi connectivity index (χ0) is 10.6. The Kier molecular flexibility index (Phi) is 3.17. The first-order valence-electron chi connectivity index (χ1n) is 4.04. The molecular weight excluding hydrogens is 184 g/mol. The van der Waals surface area contributed by atoms with Crippen LogP contribution in [0.4, 0.5) is 0 Å². The number of rotatable bonds is 4. The Morgan fingerprint density at radius 2 is 2.43 bits per heavy atom. The van der Waals surface area contributed by atoms with Crippen molar-refractivity contribution in [1.29, 1.82) is 0 Å². The van der Waals surface area contributed by atoms with E-state index in [1.54, 1.807) is 12.3 Å². The van der Waals surface area contributed by atoms with E-state index in [2.05, 4.69) is 5.10 Å². The van der Waals surface area contributed by atoms with Gasteiger partial charge in [-0.05, 0) is 19.1 Å². The van der Waals surface area contributed by atoms with Crippen LogP contribution in [0, 0.1) is 0 Å². The number of aldehydes is 1. The predicted octanol–water partition coefficient (Wildman–Crippen LogP) is 0.741. The molecule has 1 N–H and O–H groups in total. The second-order valence-electron chi connectivity index (χ2n) is 2.76. The summed E-state index contributed by atoms with van der Waals surface area (Å²) in [5.74, 6) is -0.945. The summed E-state index contributed by atoms with van der Waals surface area (Å²) in [6.45, 7) is 1.53. The molecule has 0 amide bonds. The van der Waals surface area contributed by atoms with Gasteiger partial charge in [0.2, 0.25) is 0 Å². The van der Waals surface area contributed by atoms with Crippen molar-refractivity contribution in [2.24, 2.45) is 0 Å². The molecule has 0 fully saturated rings. The van der Waals surface area contributed by atoms with Gasteiger partial charge in [-0.3, -0.25) is 9.48 Å². The van der Waals surface area contributed by atoms with Crippen molar-refractivity contribution in [2.75, 3.05) is 0 Å². The monoisotopic (exact) mass is 194 g/mol. The molecule has 0 radical (unpaired) electrons. The van der Waals surface area contributed by atoms with E-state index in [1.165, 1.54) is 23.9 Å². The first-order valence-corrected chi connectivity index (χ1v) is 4.04. The highest BCUT2D eigenvalue weighted by molar-refractivity contribution is 5.74. The molecule has 1 aromatic heterocycles. The number of nitrogens with zero attached hydrogens (tertiary/aromatic N) is 2. The highest BCUT2D eigenvalue weighted by Gasteiger charge is 2.13.